The topological polar surface area (TPSA) is 27.7 Å². The van der Waals surface area contributed by atoms with Crippen molar-refractivity contribution in [2.24, 2.45) is 0 Å². The minimum atomic E-state index is -0.720. The zero-order chi connectivity index (χ0) is 23.5. The van der Waals surface area contributed by atoms with Gasteiger partial charge in [-0.3, -0.25) is 0 Å². The van der Waals surface area contributed by atoms with E-state index < -0.39 is 5.60 Å². The number of ether oxygens (including phenoxy) is 3. The van der Waals surface area contributed by atoms with Crippen molar-refractivity contribution < 1.29 is 14.2 Å². The van der Waals surface area contributed by atoms with Gasteiger partial charge in [-0.05, 0) is 33.4 Å². The summed E-state index contributed by atoms with van der Waals surface area (Å²) in [6.07, 6.45) is 0. The van der Waals surface area contributed by atoms with Crippen LogP contribution in [-0.2, 0) is 33.1 Å². The molecule has 0 amide bonds. The average Bonchev–Trinajstić information content (AvgIpc) is 2.89. The quantitative estimate of drug-likeness (QED) is 0.0781. The third kappa shape index (κ3) is 7.13. The zero-order valence-corrected chi connectivity index (χ0v) is 25.2. The van der Waals surface area contributed by atoms with Crippen LogP contribution in [0.25, 0.3) is 0 Å². The van der Waals surface area contributed by atoms with E-state index in [9.17, 15) is 0 Å². The summed E-state index contributed by atoms with van der Waals surface area (Å²) in [6, 6.07) is 26.5. The molecule has 176 valence electrons. The number of rotatable bonds is 13. The number of halogens is 3. The van der Waals surface area contributed by atoms with Crippen LogP contribution >= 0.6 is 67.8 Å². The van der Waals surface area contributed by atoms with Gasteiger partial charge in [-0.2, -0.15) is 0 Å². The predicted molar refractivity (Wildman–Crippen MR) is 161 cm³/mol. The highest BCUT2D eigenvalue weighted by atomic mass is 127. The molecule has 33 heavy (non-hydrogen) atoms. The second-order valence-electron chi connectivity index (χ2n) is 7.63. The highest BCUT2D eigenvalue weighted by molar-refractivity contribution is 14.1. The number of methoxy groups -OCH3 is 1. The molecular formula is C27H29I3O3. The molecule has 0 aromatic heterocycles. The Morgan fingerprint density at radius 2 is 0.909 bits per heavy atom. The molecule has 0 heterocycles. The summed E-state index contributed by atoms with van der Waals surface area (Å²) in [6.45, 7) is 2.12. The van der Waals surface area contributed by atoms with Gasteiger partial charge < -0.3 is 14.2 Å². The largest absolute Gasteiger partial charge is 0.382 e. The van der Waals surface area contributed by atoms with Gasteiger partial charge >= 0.3 is 0 Å². The molecule has 0 aliphatic carbocycles. The van der Waals surface area contributed by atoms with Crippen molar-refractivity contribution in [2.75, 3.05) is 33.5 Å². The highest BCUT2D eigenvalue weighted by Crippen LogP contribution is 2.41. The standard InChI is InChI=1S/C27H29I3O3/c1-31-14-15-32-16-17-33-27(24-8-2-21(18-28)3-9-24,25-10-4-22(19-29)5-11-25)26-12-6-23(20-30)7-13-26/h2-13H,14-20H2,1H3. The Kier molecular flexibility index (Phi) is 11.9. The molecule has 3 aromatic rings. The first-order chi connectivity index (χ1) is 16.2. The maximum Gasteiger partial charge on any atom is 0.143 e. The van der Waals surface area contributed by atoms with E-state index in [0.29, 0.717) is 26.4 Å². The molecule has 0 saturated carbocycles. The molecule has 3 rings (SSSR count). The van der Waals surface area contributed by atoms with Crippen molar-refractivity contribution in [1.82, 2.24) is 0 Å². The third-order valence-corrected chi connectivity index (χ3v) is 8.16. The van der Waals surface area contributed by atoms with Crippen molar-refractivity contribution in [3.05, 3.63) is 106 Å². The second kappa shape index (κ2) is 14.3. The maximum absolute atomic E-state index is 6.82. The van der Waals surface area contributed by atoms with Crippen LogP contribution in [0.1, 0.15) is 33.4 Å². The molecule has 0 N–H and O–H groups in total. The summed E-state index contributed by atoms with van der Waals surface area (Å²) in [5, 5.41) is 0. The first-order valence-electron chi connectivity index (χ1n) is 10.8. The molecule has 0 spiro atoms. The molecule has 0 bridgehead atoms. The SMILES string of the molecule is COCCOCCOC(c1ccc(CI)cc1)(c1ccc(CI)cc1)c1ccc(CI)cc1. The van der Waals surface area contributed by atoms with Gasteiger partial charge in [-0.1, -0.05) is 141 Å². The average molecular weight is 782 g/mol. The fraction of sp³-hybridized carbons (Fsp3) is 0.333. The van der Waals surface area contributed by atoms with E-state index in [-0.39, 0.29) is 0 Å². The van der Waals surface area contributed by atoms with Crippen LogP contribution in [0.5, 0.6) is 0 Å². The number of hydrogen-bond acceptors (Lipinski definition) is 3. The summed E-state index contributed by atoms with van der Waals surface area (Å²) >= 11 is 7.21. The normalized spacial score (nSPS) is 11.6. The van der Waals surface area contributed by atoms with E-state index in [1.807, 2.05) is 0 Å². The van der Waals surface area contributed by atoms with Gasteiger partial charge in [-0.25, -0.2) is 0 Å². The summed E-state index contributed by atoms with van der Waals surface area (Å²) in [5.74, 6) is 0. The van der Waals surface area contributed by atoms with Crippen LogP contribution < -0.4 is 0 Å². The molecule has 0 aliphatic heterocycles. The summed E-state index contributed by atoms with van der Waals surface area (Å²) in [4.78, 5) is 0. The molecule has 0 saturated heterocycles. The lowest BCUT2D eigenvalue weighted by Crippen LogP contribution is -2.34. The predicted octanol–water partition coefficient (Wildman–Crippen LogP) is 7.46. The first kappa shape index (κ1) is 27.3. The lowest BCUT2D eigenvalue weighted by atomic mass is 9.79. The summed E-state index contributed by atoms with van der Waals surface area (Å²) < 4.78 is 20.6. The summed E-state index contributed by atoms with van der Waals surface area (Å²) in [5.41, 5.74) is 6.56. The molecule has 0 atom stereocenters. The Labute approximate surface area is 238 Å². The fourth-order valence-electron chi connectivity index (χ4n) is 3.73. The Morgan fingerprint density at radius 3 is 1.24 bits per heavy atom. The molecule has 3 nitrogen and oxygen atoms in total. The monoisotopic (exact) mass is 782 g/mol. The van der Waals surface area contributed by atoms with Gasteiger partial charge in [0, 0.05) is 20.4 Å². The second-order valence-corrected chi connectivity index (χ2v) is 9.91. The van der Waals surface area contributed by atoms with Crippen molar-refractivity contribution in [2.45, 2.75) is 18.9 Å². The zero-order valence-electron chi connectivity index (χ0n) is 18.7. The highest BCUT2D eigenvalue weighted by Gasteiger charge is 2.37. The number of hydrogen-bond donors (Lipinski definition) is 0. The van der Waals surface area contributed by atoms with Gasteiger partial charge in [0.15, 0.2) is 0 Å². The van der Waals surface area contributed by atoms with Gasteiger partial charge in [0.25, 0.3) is 0 Å². The van der Waals surface area contributed by atoms with E-state index in [1.54, 1.807) is 7.11 Å². The maximum atomic E-state index is 6.82. The van der Waals surface area contributed by atoms with Crippen LogP contribution in [0.3, 0.4) is 0 Å². The number of alkyl halides is 3. The van der Waals surface area contributed by atoms with Crippen LogP contribution in [-0.4, -0.2) is 33.5 Å². The Balaban J connectivity index is 2.08. The summed E-state index contributed by atoms with van der Waals surface area (Å²) in [7, 11) is 1.68. The Bertz CT molecular complexity index is 842. The number of benzene rings is 3. The smallest absolute Gasteiger partial charge is 0.143 e. The van der Waals surface area contributed by atoms with Crippen LogP contribution in [0, 0.1) is 0 Å². The van der Waals surface area contributed by atoms with E-state index in [2.05, 4.69) is 141 Å². The minimum absolute atomic E-state index is 0.472. The van der Waals surface area contributed by atoms with Gasteiger partial charge in [0.2, 0.25) is 0 Å². The van der Waals surface area contributed by atoms with Crippen molar-refractivity contribution in [3.63, 3.8) is 0 Å². The van der Waals surface area contributed by atoms with Crippen molar-refractivity contribution in [1.29, 1.82) is 0 Å². The molecule has 0 unspecified atom stereocenters. The van der Waals surface area contributed by atoms with Crippen LogP contribution in [0.2, 0.25) is 0 Å². The molecule has 6 heteroatoms. The van der Waals surface area contributed by atoms with Gasteiger partial charge in [0.05, 0.1) is 26.4 Å². The Hall–Kier alpha value is -0.270. The van der Waals surface area contributed by atoms with Crippen LogP contribution in [0.4, 0.5) is 0 Å². The van der Waals surface area contributed by atoms with E-state index >= 15 is 0 Å². The lowest BCUT2D eigenvalue weighted by Gasteiger charge is -2.36. The van der Waals surface area contributed by atoms with E-state index in [0.717, 1.165) is 30.0 Å². The molecule has 0 radical (unpaired) electrons. The third-order valence-electron chi connectivity index (χ3n) is 5.52. The first-order valence-corrected chi connectivity index (χ1v) is 15.4. The fourth-order valence-corrected chi connectivity index (χ4v) is 5.26. The molecule has 0 fully saturated rings. The van der Waals surface area contributed by atoms with E-state index in [4.69, 9.17) is 14.2 Å². The van der Waals surface area contributed by atoms with Gasteiger partial charge in [0.1, 0.15) is 5.60 Å². The van der Waals surface area contributed by atoms with Crippen LogP contribution in [0.15, 0.2) is 72.8 Å². The molecule has 3 aromatic carbocycles. The van der Waals surface area contributed by atoms with Crippen molar-refractivity contribution >= 4 is 67.8 Å². The Morgan fingerprint density at radius 1 is 0.545 bits per heavy atom. The molecule has 0 aliphatic rings. The lowest BCUT2D eigenvalue weighted by molar-refractivity contribution is -0.0305. The minimum Gasteiger partial charge on any atom is -0.382 e. The van der Waals surface area contributed by atoms with Crippen molar-refractivity contribution in [3.8, 4) is 0 Å². The van der Waals surface area contributed by atoms with Gasteiger partial charge in [-0.15, -0.1) is 0 Å². The van der Waals surface area contributed by atoms with E-state index in [1.165, 1.54) is 16.7 Å². The molecular weight excluding hydrogens is 753 g/mol.